The maximum Gasteiger partial charge on any atom is 0.0875 e. The average Bonchev–Trinajstić information content (AvgIpc) is 2.43. The lowest BCUT2D eigenvalue weighted by Gasteiger charge is -2.26. The zero-order valence-corrected chi connectivity index (χ0v) is 14.3. The van der Waals surface area contributed by atoms with Crippen LogP contribution in [0.1, 0.15) is 72.4 Å². The van der Waals surface area contributed by atoms with Gasteiger partial charge >= 0.3 is 0 Å². The van der Waals surface area contributed by atoms with Gasteiger partial charge in [0.1, 0.15) is 0 Å². The highest BCUT2D eigenvalue weighted by molar-refractivity contribution is 5.26. The summed E-state index contributed by atoms with van der Waals surface area (Å²) in [5.74, 6) is 0. The van der Waals surface area contributed by atoms with Gasteiger partial charge in [-0.25, -0.2) is 0 Å². The lowest BCUT2D eigenvalue weighted by Crippen LogP contribution is -2.22. The van der Waals surface area contributed by atoms with E-state index in [0.717, 1.165) is 13.0 Å². The quantitative estimate of drug-likeness (QED) is 0.585. The van der Waals surface area contributed by atoms with Crippen LogP contribution in [0.5, 0.6) is 0 Å². The Hall–Kier alpha value is -0.820. The fourth-order valence-electron chi connectivity index (χ4n) is 1.57. The lowest BCUT2D eigenvalue weighted by atomic mass is 9.96. The summed E-state index contributed by atoms with van der Waals surface area (Å²) in [7, 11) is 0. The molecule has 0 aromatic heterocycles. The van der Waals surface area contributed by atoms with Gasteiger partial charge < -0.3 is 4.74 Å². The predicted molar refractivity (Wildman–Crippen MR) is 87.8 cm³/mol. The molecule has 0 amide bonds. The molecule has 1 rings (SSSR count). The first-order chi connectivity index (χ1) is 9.06. The number of unbranched alkanes of at least 4 members (excludes halogenated alkanes) is 1. The molecule has 0 saturated carbocycles. The molecule has 1 aromatic carbocycles. The smallest absolute Gasteiger partial charge is 0.0875 e. The standard InChI is InChI=1S/C14H22O.2C2H6/c1-5-6-10-15-14(3,4)13-9-7-8-12(2)11-13;2*1-2/h7-9,11H,5-6,10H2,1-4H3;2*1-2H3. The van der Waals surface area contributed by atoms with Crippen molar-refractivity contribution in [3.8, 4) is 0 Å². The van der Waals surface area contributed by atoms with E-state index < -0.39 is 0 Å². The van der Waals surface area contributed by atoms with Crippen molar-refractivity contribution in [1.82, 2.24) is 0 Å². The Balaban J connectivity index is 0. The highest BCUT2D eigenvalue weighted by Gasteiger charge is 2.20. The molecule has 0 aliphatic heterocycles. The highest BCUT2D eigenvalue weighted by atomic mass is 16.5. The van der Waals surface area contributed by atoms with Gasteiger partial charge in [0.2, 0.25) is 0 Å². The summed E-state index contributed by atoms with van der Waals surface area (Å²) in [6.07, 6.45) is 2.32. The van der Waals surface area contributed by atoms with Crippen LogP contribution in [0.15, 0.2) is 24.3 Å². The minimum absolute atomic E-state index is 0.165. The molecule has 0 aliphatic carbocycles. The monoisotopic (exact) mass is 266 g/mol. The average molecular weight is 266 g/mol. The second kappa shape index (κ2) is 12.2. The fraction of sp³-hybridized carbons (Fsp3) is 0.667. The third-order valence-electron chi connectivity index (χ3n) is 2.67. The van der Waals surface area contributed by atoms with Crippen LogP contribution >= 0.6 is 0 Å². The Morgan fingerprint density at radius 3 is 2.11 bits per heavy atom. The van der Waals surface area contributed by atoms with Crippen molar-refractivity contribution in [3.05, 3.63) is 35.4 Å². The molecule has 0 spiro atoms. The number of hydrogen-bond donors (Lipinski definition) is 0. The van der Waals surface area contributed by atoms with Crippen LogP contribution in [0.3, 0.4) is 0 Å². The van der Waals surface area contributed by atoms with E-state index in [1.165, 1.54) is 17.5 Å². The van der Waals surface area contributed by atoms with Gasteiger partial charge in [-0.2, -0.15) is 0 Å². The first kappa shape index (κ1) is 20.5. The number of benzene rings is 1. The van der Waals surface area contributed by atoms with Gasteiger partial charge in [0.05, 0.1) is 5.60 Å². The van der Waals surface area contributed by atoms with E-state index in [4.69, 9.17) is 4.74 Å². The number of aryl methyl sites for hydroxylation is 1. The van der Waals surface area contributed by atoms with Crippen molar-refractivity contribution >= 4 is 0 Å². The Morgan fingerprint density at radius 2 is 1.63 bits per heavy atom. The molecule has 0 unspecified atom stereocenters. The number of ether oxygens (including phenoxy) is 1. The molecular formula is C18H34O. The largest absolute Gasteiger partial charge is 0.371 e. The molecule has 0 aliphatic rings. The Kier molecular flexibility index (Phi) is 13.2. The van der Waals surface area contributed by atoms with Crippen molar-refractivity contribution in [1.29, 1.82) is 0 Å². The summed E-state index contributed by atoms with van der Waals surface area (Å²) in [5, 5.41) is 0. The van der Waals surface area contributed by atoms with Crippen molar-refractivity contribution in [2.45, 2.75) is 73.8 Å². The van der Waals surface area contributed by atoms with E-state index in [1.807, 2.05) is 27.7 Å². The topological polar surface area (TPSA) is 9.23 Å². The SMILES string of the molecule is CC.CC.CCCCOC(C)(C)c1cccc(C)c1. The van der Waals surface area contributed by atoms with Gasteiger partial charge in [-0.3, -0.25) is 0 Å². The third kappa shape index (κ3) is 8.83. The first-order valence-corrected chi connectivity index (χ1v) is 7.77. The molecule has 0 saturated heterocycles. The predicted octanol–water partition coefficient (Wildman–Crippen LogP) is 6.10. The molecule has 112 valence electrons. The molecule has 0 bridgehead atoms. The van der Waals surface area contributed by atoms with E-state index >= 15 is 0 Å². The normalized spacial score (nSPS) is 9.89. The number of hydrogen-bond acceptors (Lipinski definition) is 1. The molecule has 1 heteroatoms. The lowest BCUT2D eigenvalue weighted by molar-refractivity contribution is -0.0229. The van der Waals surface area contributed by atoms with Crippen molar-refractivity contribution in [3.63, 3.8) is 0 Å². The van der Waals surface area contributed by atoms with Crippen LogP contribution in [-0.2, 0) is 10.3 Å². The summed E-state index contributed by atoms with van der Waals surface area (Å²) in [5.41, 5.74) is 2.39. The molecule has 1 nitrogen and oxygen atoms in total. The first-order valence-electron chi connectivity index (χ1n) is 7.77. The van der Waals surface area contributed by atoms with Crippen LogP contribution in [0.4, 0.5) is 0 Å². The summed E-state index contributed by atoms with van der Waals surface area (Å²) in [6.45, 7) is 17.4. The minimum atomic E-state index is -0.165. The second-order valence-electron chi connectivity index (χ2n) is 4.58. The third-order valence-corrected chi connectivity index (χ3v) is 2.67. The maximum absolute atomic E-state index is 5.91. The van der Waals surface area contributed by atoms with Gasteiger partial charge in [0, 0.05) is 6.61 Å². The van der Waals surface area contributed by atoms with Crippen LogP contribution in [0, 0.1) is 6.92 Å². The molecule has 0 N–H and O–H groups in total. The molecule has 0 atom stereocenters. The van der Waals surface area contributed by atoms with Crippen LogP contribution < -0.4 is 0 Å². The second-order valence-corrected chi connectivity index (χ2v) is 4.58. The fourth-order valence-corrected chi connectivity index (χ4v) is 1.57. The minimum Gasteiger partial charge on any atom is -0.371 e. The summed E-state index contributed by atoms with van der Waals surface area (Å²) in [6, 6.07) is 8.55. The molecule has 19 heavy (non-hydrogen) atoms. The molecule has 0 radical (unpaired) electrons. The Bertz CT molecular complexity index is 302. The van der Waals surface area contributed by atoms with Crippen LogP contribution in [-0.4, -0.2) is 6.61 Å². The van der Waals surface area contributed by atoms with Crippen molar-refractivity contribution < 1.29 is 4.74 Å². The van der Waals surface area contributed by atoms with E-state index in [-0.39, 0.29) is 5.60 Å². The molecule has 0 heterocycles. The molecule has 1 aromatic rings. The maximum atomic E-state index is 5.91. The van der Waals surface area contributed by atoms with Gasteiger partial charge in [0.15, 0.2) is 0 Å². The van der Waals surface area contributed by atoms with E-state index in [9.17, 15) is 0 Å². The van der Waals surface area contributed by atoms with Crippen LogP contribution in [0.2, 0.25) is 0 Å². The molecule has 0 fully saturated rings. The zero-order valence-electron chi connectivity index (χ0n) is 14.3. The zero-order chi connectivity index (χ0) is 15.3. The summed E-state index contributed by atoms with van der Waals surface area (Å²) >= 11 is 0. The van der Waals surface area contributed by atoms with E-state index in [0.29, 0.717) is 0 Å². The summed E-state index contributed by atoms with van der Waals surface area (Å²) in [4.78, 5) is 0. The Morgan fingerprint density at radius 1 is 1.05 bits per heavy atom. The van der Waals surface area contributed by atoms with Gasteiger partial charge in [-0.1, -0.05) is 70.9 Å². The van der Waals surface area contributed by atoms with Crippen molar-refractivity contribution in [2.75, 3.05) is 6.61 Å². The van der Waals surface area contributed by atoms with E-state index in [2.05, 4.69) is 52.0 Å². The molecular weight excluding hydrogens is 232 g/mol. The number of rotatable bonds is 5. The van der Waals surface area contributed by atoms with Gasteiger partial charge in [-0.05, 0) is 32.8 Å². The van der Waals surface area contributed by atoms with Crippen molar-refractivity contribution in [2.24, 2.45) is 0 Å². The highest BCUT2D eigenvalue weighted by Crippen LogP contribution is 2.25. The van der Waals surface area contributed by atoms with Gasteiger partial charge in [-0.15, -0.1) is 0 Å². The van der Waals surface area contributed by atoms with Gasteiger partial charge in [0.25, 0.3) is 0 Å². The Labute approximate surface area is 121 Å². The van der Waals surface area contributed by atoms with Crippen LogP contribution in [0.25, 0.3) is 0 Å². The van der Waals surface area contributed by atoms with E-state index in [1.54, 1.807) is 0 Å². The summed E-state index contributed by atoms with van der Waals surface area (Å²) < 4.78 is 5.91.